The van der Waals surface area contributed by atoms with Crippen molar-refractivity contribution in [1.82, 2.24) is 5.32 Å². The Kier molecular flexibility index (Phi) is 3.73. The molecule has 1 rings (SSSR count). The highest BCUT2D eigenvalue weighted by Crippen LogP contribution is 2.39. The van der Waals surface area contributed by atoms with E-state index in [1.54, 1.807) is 0 Å². The van der Waals surface area contributed by atoms with E-state index in [4.69, 9.17) is 5.73 Å². The second-order valence-corrected chi connectivity index (χ2v) is 5.37. The maximum atomic E-state index is 11.0. The van der Waals surface area contributed by atoms with Gasteiger partial charge in [0.1, 0.15) is 0 Å². The summed E-state index contributed by atoms with van der Waals surface area (Å²) in [6.07, 6.45) is 3.51. The smallest absolute Gasteiger partial charge is 0.233 e. The second kappa shape index (κ2) is 4.49. The molecule has 4 N–H and O–H groups in total. The van der Waals surface area contributed by atoms with Crippen molar-refractivity contribution in [3.63, 3.8) is 0 Å². The minimum absolute atomic E-state index is 0.0123. The number of amides is 1. The molecule has 0 unspecified atom stereocenters. The first-order valence-corrected chi connectivity index (χ1v) is 5.56. The van der Waals surface area contributed by atoms with Gasteiger partial charge in [-0.05, 0) is 31.1 Å². The second-order valence-electron chi connectivity index (χ2n) is 5.37. The van der Waals surface area contributed by atoms with Crippen LogP contribution < -0.4 is 11.1 Å². The molecule has 1 fully saturated rings. The molecule has 1 aliphatic rings. The van der Waals surface area contributed by atoms with Gasteiger partial charge in [-0.15, -0.1) is 0 Å². The van der Waals surface area contributed by atoms with Crippen LogP contribution in [0.2, 0.25) is 0 Å². The number of nitrogens with one attached hydrogen (secondary N) is 1. The third-order valence-electron chi connectivity index (χ3n) is 3.33. The van der Waals surface area contributed by atoms with Crippen LogP contribution >= 0.6 is 0 Å². The largest absolute Gasteiger partial charge is 0.388 e. The maximum absolute atomic E-state index is 11.0. The maximum Gasteiger partial charge on any atom is 0.233 e. The van der Waals surface area contributed by atoms with E-state index in [0.717, 1.165) is 25.7 Å². The van der Waals surface area contributed by atoms with Gasteiger partial charge in [-0.25, -0.2) is 0 Å². The van der Waals surface area contributed by atoms with Crippen LogP contribution in [0.1, 0.15) is 39.5 Å². The van der Waals surface area contributed by atoms with E-state index in [1.165, 1.54) is 0 Å². The van der Waals surface area contributed by atoms with Crippen LogP contribution in [-0.4, -0.2) is 29.7 Å². The first-order valence-electron chi connectivity index (χ1n) is 5.56. The lowest BCUT2D eigenvalue weighted by molar-refractivity contribution is -0.121. The predicted octanol–water partition coefficient (Wildman–Crippen LogP) is 0.393. The van der Waals surface area contributed by atoms with Crippen LogP contribution in [0, 0.1) is 5.41 Å². The molecule has 0 aromatic carbocycles. The molecule has 0 bridgehead atoms. The van der Waals surface area contributed by atoms with Crippen molar-refractivity contribution in [2.24, 2.45) is 11.1 Å². The number of hydrogen-bond donors (Lipinski definition) is 3. The van der Waals surface area contributed by atoms with Gasteiger partial charge in [0.05, 0.1) is 12.1 Å². The van der Waals surface area contributed by atoms with Crippen LogP contribution in [0.25, 0.3) is 0 Å². The number of carbonyl (C=O) groups is 1. The first kappa shape index (κ1) is 12.5. The molecule has 0 aromatic rings. The fourth-order valence-electron chi connectivity index (χ4n) is 1.90. The summed E-state index contributed by atoms with van der Waals surface area (Å²) in [7, 11) is 0. The average Bonchev–Trinajstić information content (AvgIpc) is 2.20. The Balaban J connectivity index is 2.38. The number of nitrogens with two attached hydrogens (primary N) is 1. The number of carbonyl (C=O) groups excluding carboxylic acids is 1. The van der Waals surface area contributed by atoms with E-state index in [2.05, 4.69) is 19.2 Å². The molecule has 1 saturated carbocycles. The Bertz CT molecular complexity index is 229. The monoisotopic (exact) mass is 214 g/mol. The fraction of sp³-hybridized carbons (Fsp3) is 0.909. The summed E-state index contributed by atoms with van der Waals surface area (Å²) in [5.41, 5.74) is 4.78. The van der Waals surface area contributed by atoms with Crippen molar-refractivity contribution in [2.75, 3.05) is 13.1 Å². The van der Waals surface area contributed by atoms with E-state index >= 15 is 0 Å². The van der Waals surface area contributed by atoms with Crippen LogP contribution in [0.4, 0.5) is 0 Å². The molecule has 1 amide bonds. The highest BCUT2D eigenvalue weighted by atomic mass is 16.3. The first-order chi connectivity index (χ1) is 6.87. The highest BCUT2D eigenvalue weighted by Gasteiger charge is 2.36. The van der Waals surface area contributed by atoms with Crippen LogP contribution in [0.15, 0.2) is 0 Å². The summed E-state index contributed by atoms with van der Waals surface area (Å²) in [5, 5.41) is 12.8. The van der Waals surface area contributed by atoms with Crippen molar-refractivity contribution in [3.8, 4) is 0 Å². The van der Waals surface area contributed by atoms with Gasteiger partial charge < -0.3 is 16.2 Å². The standard InChI is InChI=1S/C11H22N2O2/c1-10(2)3-5-11(15,6-4-10)8-13-9(14)7-12/h15H,3-8,12H2,1-2H3,(H,13,14). The van der Waals surface area contributed by atoms with E-state index < -0.39 is 5.60 Å². The lowest BCUT2D eigenvalue weighted by Gasteiger charge is -2.40. The SMILES string of the molecule is CC1(C)CCC(O)(CNC(=O)CN)CC1. The molecule has 0 heterocycles. The molecule has 4 heteroatoms. The molecule has 0 spiro atoms. The minimum Gasteiger partial charge on any atom is -0.388 e. The number of hydrogen-bond acceptors (Lipinski definition) is 3. The summed E-state index contributed by atoms with van der Waals surface area (Å²) in [4.78, 5) is 11.0. The van der Waals surface area contributed by atoms with E-state index in [0.29, 0.717) is 12.0 Å². The summed E-state index contributed by atoms with van der Waals surface area (Å²) in [6, 6.07) is 0. The molecule has 0 saturated heterocycles. The van der Waals surface area contributed by atoms with Gasteiger partial charge in [0.15, 0.2) is 0 Å². The molecular formula is C11H22N2O2. The van der Waals surface area contributed by atoms with E-state index in [1.807, 2.05) is 0 Å². The molecule has 88 valence electrons. The van der Waals surface area contributed by atoms with Gasteiger partial charge in [-0.1, -0.05) is 13.8 Å². The van der Waals surface area contributed by atoms with Gasteiger partial charge in [0.2, 0.25) is 5.91 Å². The van der Waals surface area contributed by atoms with Gasteiger partial charge in [-0.2, -0.15) is 0 Å². The molecule has 4 nitrogen and oxygen atoms in total. The number of aliphatic hydroxyl groups is 1. The van der Waals surface area contributed by atoms with Gasteiger partial charge in [-0.3, -0.25) is 4.79 Å². The molecule has 0 aliphatic heterocycles. The Morgan fingerprint density at radius 3 is 2.33 bits per heavy atom. The summed E-state index contributed by atoms with van der Waals surface area (Å²) < 4.78 is 0. The highest BCUT2D eigenvalue weighted by molar-refractivity contribution is 5.77. The zero-order valence-electron chi connectivity index (χ0n) is 9.68. The topological polar surface area (TPSA) is 75.3 Å². The van der Waals surface area contributed by atoms with Gasteiger partial charge in [0, 0.05) is 6.54 Å². The average molecular weight is 214 g/mol. The fourth-order valence-corrected chi connectivity index (χ4v) is 1.90. The zero-order chi connectivity index (χ0) is 11.5. The van der Waals surface area contributed by atoms with E-state index in [-0.39, 0.29) is 12.5 Å². The minimum atomic E-state index is -0.722. The molecule has 0 atom stereocenters. The molecule has 1 aliphatic carbocycles. The molecule has 15 heavy (non-hydrogen) atoms. The quantitative estimate of drug-likeness (QED) is 0.636. The normalized spacial score (nSPS) is 23.5. The summed E-state index contributed by atoms with van der Waals surface area (Å²) >= 11 is 0. The van der Waals surface area contributed by atoms with Crippen LogP contribution in [-0.2, 0) is 4.79 Å². The van der Waals surface area contributed by atoms with Crippen molar-refractivity contribution < 1.29 is 9.90 Å². The third kappa shape index (κ3) is 3.80. The van der Waals surface area contributed by atoms with Gasteiger partial charge >= 0.3 is 0 Å². The van der Waals surface area contributed by atoms with Crippen LogP contribution in [0.3, 0.4) is 0 Å². The van der Waals surface area contributed by atoms with Crippen LogP contribution in [0.5, 0.6) is 0 Å². The lowest BCUT2D eigenvalue weighted by atomic mass is 9.71. The molecule has 0 radical (unpaired) electrons. The van der Waals surface area contributed by atoms with Crippen molar-refractivity contribution in [2.45, 2.75) is 45.1 Å². The number of rotatable bonds is 3. The lowest BCUT2D eigenvalue weighted by Crippen LogP contribution is -2.47. The van der Waals surface area contributed by atoms with Gasteiger partial charge in [0.25, 0.3) is 0 Å². The van der Waals surface area contributed by atoms with Crippen molar-refractivity contribution in [3.05, 3.63) is 0 Å². The van der Waals surface area contributed by atoms with Crippen molar-refractivity contribution in [1.29, 1.82) is 0 Å². The third-order valence-corrected chi connectivity index (χ3v) is 3.33. The Hall–Kier alpha value is -0.610. The summed E-state index contributed by atoms with van der Waals surface area (Å²) in [5.74, 6) is -0.201. The summed E-state index contributed by atoms with van der Waals surface area (Å²) in [6.45, 7) is 4.75. The van der Waals surface area contributed by atoms with E-state index in [9.17, 15) is 9.90 Å². The Labute approximate surface area is 91.2 Å². The van der Waals surface area contributed by atoms with Crippen molar-refractivity contribution >= 4 is 5.91 Å². The molecule has 0 aromatic heterocycles. The zero-order valence-corrected chi connectivity index (χ0v) is 9.68. The predicted molar refractivity (Wildman–Crippen MR) is 59.3 cm³/mol. The Morgan fingerprint density at radius 2 is 1.87 bits per heavy atom. The molecular weight excluding hydrogens is 192 g/mol. The Morgan fingerprint density at radius 1 is 1.33 bits per heavy atom.